The molecule has 1 aliphatic heterocycles. The topological polar surface area (TPSA) is 122 Å². The molecule has 2 atom stereocenters. The van der Waals surface area contributed by atoms with Gasteiger partial charge in [0.1, 0.15) is 0 Å². The molecule has 0 amide bonds. The van der Waals surface area contributed by atoms with Crippen molar-refractivity contribution in [2.45, 2.75) is 50.8 Å². The number of likely N-dealkylation sites (tertiary alicyclic amines) is 1. The summed E-state index contributed by atoms with van der Waals surface area (Å²) >= 11 is 1.72. The number of alkyl halides is 6. The first-order valence-corrected chi connectivity index (χ1v) is 11.8. The molecule has 3 heterocycles. The van der Waals surface area contributed by atoms with Gasteiger partial charge in [-0.2, -0.15) is 26.3 Å². The molecular formula is C22H27F6N3O6S. The lowest BCUT2D eigenvalue weighted by atomic mass is 10.0. The molecule has 1 fully saturated rings. The molecule has 1 aliphatic rings. The second-order valence-electron chi connectivity index (χ2n) is 7.76. The standard InChI is InChI=1S/C18H25N3O2S.2C2HF3O2/c1-14-20-16(13-24-14)12-21-7-5-18(23-9-8-22-2)17(21)10-15-4-3-6-19-11-15;2*3-2(4,5)1(6)7/h3-4,6,11,13,17-18H,5,7-10,12H2,1-2H3;2*(H,6,7)/t17-,18-;;/m0../s1. The van der Waals surface area contributed by atoms with Gasteiger partial charge in [-0.25, -0.2) is 14.6 Å². The Bertz CT molecular complexity index is 966. The van der Waals surface area contributed by atoms with Crippen molar-refractivity contribution in [1.82, 2.24) is 14.9 Å². The van der Waals surface area contributed by atoms with Crippen LogP contribution in [0.3, 0.4) is 0 Å². The minimum Gasteiger partial charge on any atom is -0.475 e. The predicted octanol–water partition coefficient (Wildman–Crippen LogP) is 3.96. The molecule has 0 aliphatic carbocycles. The number of hydrogen-bond donors (Lipinski definition) is 2. The van der Waals surface area contributed by atoms with Crippen LogP contribution in [0.4, 0.5) is 26.3 Å². The molecule has 9 nitrogen and oxygen atoms in total. The Labute approximate surface area is 218 Å². The van der Waals surface area contributed by atoms with E-state index in [2.05, 4.69) is 33.2 Å². The maximum atomic E-state index is 10.6. The summed E-state index contributed by atoms with van der Waals surface area (Å²) in [5.41, 5.74) is 2.41. The Hall–Kier alpha value is -2.82. The molecule has 3 rings (SSSR count). The molecule has 2 aromatic heterocycles. The van der Waals surface area contributed by atoms with Gasteiger partial charge in [0.2, 0.25) is 0 Å². The van der Waals surface area contributed by atoms with Crippen LogP contribution in [0.2, 0.25) is 0 Å². The van der Waals surface area contributed by atoms with Gasteiger partial charge >= 0.3 is 24.3 Å². The first-order chi connectivity index (χ1) is 17.6. The highest BCUT2D eigenvalue weighted by molar-refractivity contribution is 7.09. The second kappa shape index (κ2) is 15.6. The zero-order valence-corrected chi connectivity index (χ0v) is 21.1. The number of methoxy groups -OCH3 is 1. The minimum atomic E-state index is -5.08. The van der Waals surface area contributed by atoms with E-state index in [0.29, 0.717) is 19.3 Å². The van der Waals surface area contributed by atoms with Gasteiger partial charge in [-0.3, -0.25) is 9.88 Å². The average Bonchev–Trinajstić information content (AvgIpc) is 3.40. The number of carbonyl (C=O) groups is 2. The molecular weight excluding hydrogens is 548 g/mol. The Kier molecular flexibility index (Phi) is 13.6. The van der Waals surface area contributed by atoms with E-state index >= 15 is 0 Å². The van der Waals surface area contributed by atoms with Crippen LogP contribution in [0.1, 0.15) is 22.7 Å². The fourth-order valence-corrected chi connectivity index (χ4v) is 3.87. The largest absolute Gasteiger partial charge is 0.490 e. The summed E-state index contributed by atoms with van der Waals surface area (Å²) in [4.78, 5) is 29.2. The number of aliphatic carboxylic acids is 2. The molecule has 1 saturated heterocycles. The van der Waals surface area contributed by atoms with Gasteiger partial charge in [-0.05, 0) is 31.4 Å². The summed E-state index contributed by atoms with van der Waals surface area (Å²) < 4.78 is 74.7. The van der Waals surface area contributed by atoms with Crippen molar-refractivity contribution in [2.75, 3.05) is 26.9 Å². The highest BCUT2D eigenvalue weighted by Gasteiger charge is 2.39. The van der Waals surface area contributed by atoms with E-state index in [1.54, 1.807) is 18.4 Å². The van der Waals surface area contributed by atoms with E-state index in [0.717, 1.165) is 36.6 Å². The average molecular weight is 576 g/mol. The number of aromatic nitrogens is 2. The fraction of sp³-hybridized carbons (Fsp3) is 0.545. The molecule has 0 aromatic carbocycles. The van der Waals surface area contributed by atoms with E-state index < -0.39 is 24.3 Å². The SMILES string of the molecule is COCCO[C@H]1CCN(Cc2csc(C)n2)[C@H]1Cc1cccnc1.O=C(O)C(F)(F)F.O=C(O)C(F)(F)F. The van der Waals surface area contributed by atoms with Crippen LogP contribution in [0.25, 0.3) is 0 Å². The number of carboxylic acid groups (broad SMARTS) is 2. The van der Waals surface area contributed by atoms with Crippen LogP contribution < -0.4 is 0 Å². The molecule has 38 heavy (non-hydrogen) atoms. The zero-order valence-electron chi connectivity index (χ0n) is 20.3. The van der Waals surface area contributed by atoms with Crippen LogP contribution in [0.5, 0.6) is 0 Å². The van der Waals surface area contributed by atoms with E-state index in [1.807, 2.05) is 18.5 Å². The lowest BCUT2D eigenvalue weighted by Gasteiger charge is -2.27. The minimum absolute atomic E-state index is 0.236. The third-order valence-corrected chi connectivity index (χ3v) is 5.73. The van der Waals surface area contributed by atoms with Crippen molar-refractivity contribution >= 4 is 23.3 Å². The first kappa shape index (κ1) is 33.2. The number of hydrogen-bond acceptors (Lipinski definition) is 8. The Morgan fingerprint density at radius 1 is 1.13 bits per heavy atom. The third-order valence-electron chi connectivity index (χ3n) is 4.90. The van der Waals surface area contributed by atoms with Gasteiger partial charge in [0.15, 0.2) is 0 Å². The lowest BCUT2D eigenvalue weighted by Crippen LogP contribution is -2.38. The van der Waals surface area contributed by atoms with E-state index in [-0.39, 0.29) is 6.10 Å². The number of nitrogens with zero attached hydrogens (tertiary/aromatic N) is 3. The number of thiazole rings is 1. The van der Waals surface area contributed by atoms with Gasteiger partial charge < -0.3 is 19.7 Å². The Morgan fingerprint density at radius 2 is 1.74 bits per heavy atom. The lowest BCUT2D eigenvalue weighted by molar-refractivity contribution is -0.193. The molecule has 2 N–H and O–H groups in total. The highest BCUT2D eigenvalue weighted by atomic mass is 32.1. The van der Waals surface area contributed by atoms with Crippen LogP contribution in [0, 0.1) is 6.92 Å². The van der Waals surface area contributed by atoms with Gasteiger partial charge in [0.25, 0.3) is 0 Å². The van der Waals surface area contributed by atoms with Gasteiger partial charge in [-0.15, -0.1) is 11.3 Å². The summed E-state index contributed by atoms with van der Waals surface area (Å²) in [5.74, 6) is -5.51. The number of carboxylic acids is 2. The molecule has 214 valence electrons. The van der Waals surface area contributed by atoms with Crippen molar-refractivity contribution in [3.05, 3.63) is 46.2 Å². The van der Waals surface area contributed by atoms with Crippen LogP contribution >= 0.6 is 11.3 Å². The molecule has 0 radical (unpaired) electrons. The van der Waals surface area contributed by atoms with E-state index in [4.69, 9.17) is 29.3 Å². The summed E-state index contributed by atoms with van der Waals surface area (Å²) in [6.45, 7) is 5.27. The number of pyridine rings is 1. The van der Waals surface area contributed by atoms with Crippen molar-refractivity contribution < 1.29 is 55.6 Å². The maximum absolute atomic E-state index is 10.6. The second-order valence-corrected chi connectivity index (χ2v) is 8.82. The number of aryl methyl sites for hydroxylation is 1. The molecule has 2 aromatic rings. The molecule has 0 unspecified atom stereocenters. The normalized spacial score (nSPS) is 17.7. The smallest absolute Gasteiger partial charge is 0.475 e. The fourth-order valence-electron chi connectivity index (χ4n) is 3.27. The summed E-state index contributed by atoms with van der Waals surface area (Å²) in [5, 5.41) is 17.5. The summed E-state index contributed by atoms with van der Waals surface area (Å²) in [6, 6.07) is 4.50. The number of rotatable bonds is 8. The van der Waals surface area contributed by atoms with Gasteiger partial charge in [-0.1, -0.05) is 6.07 Å². The zero-order chi connectivity index (χ0) is 28.9. The van der Waals surface area contributed by atoms with Gasteiger partial charge in [0.05, 0.1) is 30.0 Å². The highest BCUT2D eigenvalue weighted by Crippen LogP contribution is 2.26. The Balaban J connectivity index is 0.000000426. The maximum Gasteiger partial charge on any atom is 0.490 e. The van der Waals surface area contributed by atoms with Crippen LogP contribution in [-0.4, -0.2) is 88.4 Å². The molecule has 16 heteroatoms. The number of ether oxygens (including phenoxy) is 2. The van der Waals surface area contributed by atoms with Gasteiger partial charge in [0, 0.05) is 44.0 Å². The monoisotopic (exact) mass is 575 g/mol. The van der Waals surface area contributed by atoms with E-state index in [1.165, 1.54) is 5.56 Å². The van der Waals surface area contributed by atoms with Crippen LogP contribution in [-0.2, 0) is 32.0 Å². The third kappa shape index (κ3) is 12.6. The van der Waals surface area contributed by atoms with Crippen molar-refractivity contribution in [3.63, 3.8) is 0 Å². The summed E-state index contributed by atoms with van der Waals surface area (Å²) in [7, 11) is 1.71. The summed E-state index contributed by atoms with van der Waals surface area (Å²) in [6.07, 6.45) is -4.15. The van der Waals surface area contributed by atoms with Crippen molar-refractivity contribution in [3.8, 4) is 0 Å². The Morgan fingerprint density at radius 3 is 2.18 bits per heavy atom. The predicted molar refractivity (Wildman–Crippen MR) is 123 cm³/mol. The molecule has 0 saturated carbocycles. The van der Waals surface area contributed by atoms with Crippen molar-refractivity contribution in [1.29, 1.82) is 0 Å². The first-order valence-electron chi connectivity index (χ1n) is 10.9. The van der Waals surface area contributed by atoms with Crippen molar-refractivity contribution in [2.24, 2.45) is 0 Å². The number of halogens is 6. The van der Waals surface area contributed by atoms with Crippen LogP contribution in [0.15, 0.2) is 29.9 Å². The molecule has 0 bridgehead atoms. The molecule has 0 spiro atoms. The quantitative estimate of drug-likeness (QED) is 0.356. The van der Waals surface area contributed by atoms with E-state index in [9.17, 15) is 26.3 Å².